The largest absolute Gasteiger partial charge is 0.490 e. The number of para-hydroxylation sites is 1. The molecule has 8 nitrogen and oxygen atoms in total. The first-order valence-corrected chi connectivity index (χ1v) is 12.8. The third-order valence-electron chi connectivity index (χ3n) is 7.60. The molecule has 2 aromatic rings. The van der Waals surface area contributed by atoms with Gasteiger partial charge in [0, 0.05) is 43.5 Å². The summed E-state index contributed by atoms with van der Waals surface area (Å²) in [7, 11) is 0. The number of carbonyl (C=O) groups is 3. The molecular formula is C27H29F5N4O4. The zero-order valence-corrected chi connectivity index (χ0v) is 21.5. The third-order valence-corrected chi connectivity index (χ3v) is 7.60. The highest BCUT2D eigenvalue weighted by Crippen LogP contribution is 2.36. The highest BCUT2D eigenvalue weighted by molar-refractivity contribution is 5.95. The zero-order chi connectivity index (χ0) is 29.1. The number of nitrogens with one attached hydrogen (secondary N) is 1. The van der Waals surface area contributed by atoms with Crippen LogP contribution in [0.2, 0.25) is 0 Å². The number of piperidine rings is 1. The summed E-state index contributed by atoms with van der Waals surface area (Å²) < 4.78 is 58.6. The fourth-order valence-electron chi connectivity index (χ4n) is 5.52. The number of halogens is 5. The molecule has 40 heavy (non-hydrogen) atoms. The highest BCUT2D eigenvalue weighted by atomic mass is 19.4. The van der Waals surface area contributed by atoms with Gasteiger partial charge in [0.05, 0.1) is 6.67 Å². The molecule has 5 rings (SSSR count). The molecule has 2 N–H and O–H groups in total. The monoisotopic (exact) mass is 568 g/mol. The van der Waals surface area contributed by atoms with Crippen LogP contribution in [-0.4, -0.2) is 83.3 Å². The van der Waals surface area contributed by atoms with Crippen LogP contribution in [0.1, 0.15) is 36.0 Å². The Labute approximate surface area is 227 Å². The van der Waals surface area contributed by atoms with Gasteiger partial charge in [0.15, 0.2) is 11.6 Å². The predicted molar refractivity (Wildman–Crippen MR) is 134 cm³/mol. The number of anilines is 1. The maximum absolute atomic E-state index is 13.6. The fourth-order valence-corrected chi connectivity index (χ4v) is 5.52. The van der Waals surface area contributed by atoms with Gasteiger partial charge in [0.2, 0.25) is 5.91 Å². The SMILES string of the molecule is O=C(O)C(F)(F)F.O=C(c1ccc(F)c(F)c1)N1CCC[C@@H]1CN1CCC2(CC1)C(=O)NCN2c1ccccc1. The molecule has 1 atom stereocenters. The van der Waals surface area contributed by atoms with Gasteiger partial charge in [-0.2, -0.15) is 13.2 Å². The Hall–Kier alpha value is -3.74. The number of hydrogen-bond donors (Lipinski definition) is 2. The molecule has 3 heterocycles. The molecular weight excluding hydrogens is 539 g/mol. The minimum Gasteiger partial charge on any atom is -0.475 e. The first kappa shape index (κ1) is 29.2. The molecule has 2 amide bonds. The molecule has 0 unspecified atom stereocenters. The van der Waals surface area contributed by atoms with E-state index in [0.717, 1.165) is 63.1 Å². The number of aliphatic carboxylic acids is 1. The summed E-state index contributed by atoms with van der Waals surface area (Å²) in [5.41, 5.74) is 0.692. The van der Waals surface area contributed by atoms with Crippen LogP contribution < -0.4 is 10.2 Å². The zero-order valence-electron chi connectivity index (χ0n) is 21.5. The van der Waals surface area contributed by atoms with E-state index in [1.54, 1.807) is 4.90 Å². The molecule has 0 saturated carbocycles. The number of benzene rings is 2. The van der Waals surface area contributed by atoms with Crippen LogP contribution in [-0.2, 0) is 9.59 Å². The number of hydrogen-bond acceptors (Lipinski definition) is 5. The first-order chi connectivity index (χ1) is 18.9. The molecule has 0 aliphatic carbocycles. The number of carbonyl (C=O) groups excluding carboxylic acids is 2. The Morgan fingerprint density at radius 3 is 2.25 bits per heavy atom. The van der Waals surface area contributed by atoms with E-state index in [1.165, 1.54) is 6.07 Å². The van der Waals surface area contributed by atoms with Crippen LogP contribution in [0.15, 0.2) is 48.5 Å². The van der Waals surface area contributed by atoms with Gasteiger partial charge in [0.25, 0.3) is 5.91 Å². The van der Waals surface area contributed by atoms with Crippen molar-refractivity contribution in [3.8, 4) is 0 Å². The number of carboxylic acids is 1. The molecule has 3 aliphatic heterocycles. The quantitative estimate of drug-likeness (QED) is 0.548. The van der Waals surface area contributed by atoms with Crippen molar-refractivity contribution in [3.63, 3.8) is 0 Å². The standard InChI is InChI=1S/C25H28F2N4O2.C2HF3O2/c26-21-9-8-18(15-22(21)27)23(32)30-12-4-7-20(30)16-29-13-10-25(11-14-29)24(33)28-17-31(25)19-5-2-1-3-6-19;3-2(4,5)1(6)7/h1-3,5-6,8-9,15,20H,4,7,10-14,16-17H2,(H,28,33);(H,6,7)/t20-;/m1./s1. The molecule has 0 radical (unpaired) electrons. The Kier molecular flexibility index (Phi) is 8.62. The summed E-state index contributed by atoms with van der Waals surface area (Å²) in [6.07, 6.45) is -1.87. The lowest BCUT2D eigenvalue weighted by Crippen LogP contribution is -2.57. The van der Waals surface area contributed by atoms with Gasteiger partial charge in [-0.3, -0.25) is 9.59 Å². The Morgan fingerprint density at radius 1 is 1.00 bits per heavy atom. The second-order valence-corrected chi connectivity index (χ2v) is 9.99. The molecule has 3 saturated heterocycles. The van der Waals surface area contributed by atoms with Gasteiger partial charge >= 0.3 is 12.1 Å². The summed E-state index contributed by atoms with van der Waals surface area (Å²) in [5.74, 6) is -4.88. The molecule has 216 valence electrons. The fraction of sp³-hybridized carbons (Fsp3) is 0.444. The van der Waals surface area contributed by atoms with E-state index >= 15 is 0 Å². The smallest absolute Gasteiger partial charge is 0.475 e. The lowest BCUT2D eigenvalue weighted by molar-refractivity contribution is -0.192. The van der Waals surface area contributed by atoms with Gasteiger partial charge < -0.3 is 25.1 Å². The summed E-state index contributed by atoms with van der Waals surface area (Å²) in [6.45, 7) is 3.38. The lowest BCUT2D eigenvalue weighted by Gasteiger charge is -2.44. The topological polar surface area (TPSA) is 93.2 Å². The van der Waals surface area contributed by atoms with Crippen molar-refractivity contribution in [1.82, 2.24) is 15.1 Å². The van der Waals surface area contributed by atoms with E-state index in [4.69, 9.17) is 9.90 Å². The minimum atomic E-state index is -5.08. The normalized spacial score (nSPS) is 20.7. The van der Waals surface area contributed by atoms with Crippen LogP contribution in [0.25, 0.3) is 0 Å². The summed E-state index contributed by atoms with van der Waals surface area (Å²) in [5, 5.41) is 10.1. The molecule has 0 bridgehead atoms. The van der Waals surface area contributed by atoms with Crippen molar-refractivity contribution in [3.05, 3.63) is 65.7 Å². The number of nitrogens with zero attached hydrogens (tertiary/aromatic N) is 3. The van der Waals surface area contributed by atoms with E-state index in [1.807, 2.05) is 30.3 Å². The van der Waals surface area contributed by atoms with Gasteiger partial charge in [0.1, 0.15) is 5.54 Å². The van der Waals surface area contributed by atoms with Crippen molar-refractivity contribution in [2.75, 3.05) is 37.7 Å². The maximum Gasteiger partial charge on any atom is 0.490 e. The van der Waals surface area contributed by atoms with Crippen LogP contribution in [0.5, 0.6) is 0 Å². The van der Waals surface area contributed by atoms with E-state index in [-0.39, 0.29) is 23.4 Å². The predicted octanol–water partition coefficient (Wildman–Crippen LogP) is 3.63. The molecule has 3 aliphatic rings. The second-order valence-electron chi connectivity index (χ2n) is 9.99. The van der Waals surface area contributed by atoms with E-state index < -0.39 is 29.3 Å². The Morgan fingerprint density at radius 2 is 1.65 bits per heavy atom. The number of likely N-dealkylation sites (tertiary alicyclic amines) is 2. The number of carboxylic acid groups (broad SMARTS) is 1. The molecule has 3 fully saturated rings. The summed E-state index contributed by atoms with van der Waals surface area (Å²) in [4.78, 5) is 41.0. The Balaban J connectivity index is 0.000000470. The van der Waals surface area contributed by atoms with E-state index in [2.05, 4.69) is 15.1 Å². The van der Waals surface area contributed by atoms with Crippen molar-refractivity contribution in [2.45, 2.75) is 43.4 Å². The highest BCUT2D eigenvalue weighted by Gasteiger charge is 2.50. The van der Waals surface area contributed by atoms with Crippen LogP contribution in [0, 0.1) is 11.6 Å². The summed E-state index contributed by atoms with van der Waals surface area (Å²) >= 11 is 0. The van der Waals surface area contributed by atoms with Crippen molar-refractivity contribution in [2.24, 2.45) is 0 Å². The second kappa shape index (κ2) is 11.8. The van der Waals surface area contributed by atoms with Crippen molar-refractivity contribution < 1.29 is 41.4 Å². The maximum atomic E-state index is 13.6. The van der Waals surface area contributed by atoms with Crippen LogP contribution in [0.3, 0.4) is 0 Å². The average molecular weight is 569 g/mol. The van der Waals surface area contributed by atoms with Crippen LogP contribution in [0.4, 0.5) is 27.6 Å². The van der Waals surface area contributed by atoms with Crippen LogP contribution >= 0.6 is 0 Å². The number of amides is 2. The molecule has 2 aromatic carbocycles. The minimum absolute atomic E-state index is 0.0299. The van der Waals surface area contributed by atoms with Gasteiger partial charge in [-0.15, -0.1) is 0 Å². The molecule has 1 spiro atoms. The number of rotatable bonds is 4. The first-order valence-electron chi connectivity index (χ1n) is 12.8. The summed E-state index contributed by atoms with van der Waals surface area (Å²) in [6, 6.07) is 13.4. The van der Waals surface area contributed by atoms with Gasteiger partial charge in [-0.05, 0) is 56.0 Å². The van der Waals surface area contributed by atoms with Crippen molar-refractivity contribution >= 4 is 23.5 Å². The van der Waals surface area contributed by atoms with Crippen molar-refractivity contribution in [1.29, 1.82) is 0 Å². The average Bonchev–Trinajstić information content (AvgIpc) is 3.51. The van der Waals surface area contributed by atoms with Gasteiger partial charge in [-0.1, -0.05) is 18.2 Å². The third kappa shape index (κ3) is 6.19. The van der Waals surface area contributed by atoms with E-state index in [9.17, 15) is 31.5 Å². The van der Waals surface area contributed by atoms with E-state index in [0.29, 0.717) is 13.2 Å². The molecule has 0 aromatic heterocycles. The lowest BCUT2D eigenvalue weighted by atomic mass is 9.85. The van der Waals surface area contributed by atoms with Gasteiger partial charge in [-0.25, -0.2) is 13.6 Å². The molecule has 13 heteroatoms. The number of alkyl halides is 3. The Bertz CT molecular complexity index is 1240.